The summed E-state index contributed by atoms with van der Waals surface area (Å²) in [5.74, 6) is -2.00. The van der Waals surface area contributed by atoms with E-state index in [1.165, 1.54) is 52.1 Å². The molecule has 1 unspecified atom stereocenters. The molecule has 0 heterocycles. The highest BCUT2D eigenvalue weighted by molar-refractivity contribution is 5.87. The first kappa shape index (κ1) is 27.6. The van der Waals surface area contributed by atoms with E-state index in [0.717, 1.165) is 19.3 Å². The average molecular weight is 415 g/mol. The second-order valence-corrected chi connectivity index (χ2v) is 7.65. The molecule has 0 N–H and O–H groups in total. The Balaban J connectivity index is 3.97. The zero-order valence-electron chi connectivity index (χ0n) is 18.8. The van der Waals surface area contributed by atoms with Crippen LogP contribution in [0.1, 0.15) is 97.3 Å². The number of methoxy groups -OCH3 is 1. The molecule has 0 aliphatic carbocycles. The van der Waals surface area contributed by atoms with Crippen LogP contribution in [0.25, 0.3) is 0 Å². The number of carbonyl (C=O) groups excluding carboxylic acids is 3. The van der Waals surface area contributed by atoms with Crippen molar-refractivity contribution < 1.29 is 28.6 Å². The molecule has 0 radical (unpaired) electrons. The van der Waals surface area contributed by atoms with E-state index in [0.29, 0.717) is 13.0 Å². The van der Waals surface area contributed by atoms with Crippen LogP contribution < -0.4 is 0 Å². The highest BCUT2D eigenvalue weighted by Gasteiger charge is 2.26. The molecule has 0 saturated carbocycles. The van der Waals surface area contributed by atoms with E-state index in [4.69, 9.17) is 14.2 Å². The van der Waals surface area contributed by atoms with Crippen molar-refractivity contribution in [2.24, 2.45) is 5.92 Å². The number of carbonyl (C=O) groups is 3. The normalized spacial score (nSPS) is 11.8. The first-order valence-corrected chi connectivity index (χ1v) is 11.4. The van der Waals surface area contributed by atoms with E-state index in [1.807, 2.05) is 6.92 Å². The maximum atomic E-state index is 12.1. The van der Waals surface area contributed by atoms with Crippen molar-refractivity contribution in [3.63, 3.8) is 0 Å². The van der Waals surface area contributed by atoms with Gasteiger partial charge in [0, 0.05) is 13.5 Å². The van der Waals surface area contributed by atoms with Gasteiger partial charge in [0.05, 0.1) is 25.6 Å². The van der Waals surface area contributed by atoms with Gasteiger partial charge >= 0.3 is 11.9 Å². The smallest absolute Gasteiger partial charge is 0.309 e. The lowest BCUT2D eigenvalue weighted by atomic mass is 9.99. The van der Waals surface area contributed by atoms with Crippen molar-refractivity contribution in [2.45, 2.75) is 97.3 Å². The number of hydrogen-bond acceptors (Lipinski definition) is 6. The van der Waals surface area contributed by atoms with Crippen LogP contribution in [-0.2, 0) is 28.6 Å². The van der Waals surface area contributed by atoms with Crippen LogP contribution in [-0.4, -0.2) is 44.7 Å². The van der Waals surface area contributed by atoms with Crippen LogP contribution in [0.4, 0.5) is 0 Å². The van der Waals surface area contributed by atoms with Crippen molar-refractivity contribution >= 4 is 17.7 Å². The van der Waals surface area contributed by atoms with Gasteiger partial charge < -0.3 is 14.2 Å². The number of rotatable bonds is 20. The first-order chi connectivity index (χ1) is 14.0. The Kier molecular flexibility index (Phi) is 18.9. The predicted molar refractivity (Wildman–Crippen MR) is 114 cm³/mol. The summed E-state index contributed by atoms with van der Waals surface area (Å²) >= 11 is 0. The van der Waals surface area contributed by atoms with Gasteiger partial charge in [0.2, 0.25) is 0 Å². The Morgan fingerprint density at radius 2 is 1.28 bits per heavy atom. The first-order valence-electron chi connectivity index (χ1n) is 11.4. The van der Waals surface area contributed by atoms with Crippen LogP contribution in [0.2, 0.25) is 0 Å². The SMILES string of the molecule is CCCCCCCCCCCCOC(=O)CC(CC(=O)COC)C(=O)OCCC. The molecule has 0 fully saturated rings. The number of ketones is 1. The van der Waals surface area contributed by atoms with Crippen molar-refractivity contribution in [3.05, 3.63) is 0 Å². The van der Waals surface area contributed by atoms with E-state index >= 15 is 0 Å². The van der Waals surface area contributed by atoms with Crippen LogP contribution in [0.3, 0.4) is 0 Å². The van der Waals surface area contributed by atoms with Gasteiger partial charge in [-0.15, -0.1) is 0 Å². The summed E-state index contributed by atoms with van der Waals surface area (Å²) in [6, 6.07) is 0. The second-order valence-electron chi connectivity index (χ2n) is 7.65. The minimum Gasteiger partial charge on any atom is -0.466 e. The Hall–Kier alpha value is -1.43. The molecule has 0 bridgehead atoms. The molecule has 0 saturated heterocycles. The molecule has 0 aromatic heterocycles. The standard InChI is InChI=1S/C23H42O6/c1-4-6-7-8-9-10-11-12-13-14-16-28-22(25)18-20(17-21(24)19-27-3)23(26)29-15-5-2/h20H,4-19H2,1-3H3. The molecule has 170 valence electrons. The van der Waals surface area contributed by atoms with Gasteiger partial charge in [-0.3, -0.25) is 14.4 Å². The van der Waals surface area contributed by atoms with Gasteiger partial charge in [-0.25, -0.2) is 0 Å². The third kappa shape index (κ3) is 17.2. The summed E-state index contributed by atoms with van der Waals surface area (Å²) in [6.07, 6.45) is 12.6. The van der Waals surface area contributed by atoms with Crippen LogP contribution >= 0.6 is 0 Å². The Morgan fingerprint density at radius 1 is 0.690 bits per heavy atom. The molecule has 6 heteroatoms. The van der Waals surface area contributed by atoms with E-state index < -0.39 is 17.9 Å². The topological polar surface area (TPSA) is 78.9 Å². The summed E-state index contributed by atoms with van der Waals surface area (Å²) in [5, 5.41) is 0. The molecule has 0 rings (SSSR count). The van der Waals surface area contributed by atoms with Crippen LogP contribution in [0.15, 0.2) is 0 Å². The van der Waals surface area contributed by atoms with E-state index in [1.54, 1.807) is 0 Å². The molecule has 0 aromatic rings. The van der Waals surface area contributed by atoms with Crippen molar-refractivity contribution in [1.82, 2.24) is 0 Å². The van der Waals surface area contributed by atoms with Crippen molar-refractivity contribution in [2.75, 3.05) is 26.9 Å². The van der Waals surface area contributed by atoms with Gasteiger partial charge in [-0.05, 0) is 12.8 Å². The summed E-state index contributed by atoms with van der Waals surface area (Å²) < 4.78 is 15.2. The van der Waals surface area contributed by atoms with Crippen LogP contribution in [0, 0.1) is 5.92 Å². The van der Waals surface area contributed by atoms with Gasteiger partial charge in [0.1, 0.15) is 6.61 Å². The molecule has 0 aliphatic rings. The monoisotopic (exact) mass is 414 g/mol. The summed E-state index contributed by atoms with van der Waals surface area (Å²) in [6.45, 7) is 4.68. The summed E-state index contributed by atoms with van der Waals surface area (Å²) in [5.41, 5.74) is 0. The number of ether oxygens (including phenoxy) is 3. The third-order valence-electron chi connectivity index (χ3n) is 4.74. The number of unbranched alkanes of at least 4 members (excludes halogenated alkanes) is 9. The number of esters is 2. The van der Waals surface area contributed by atoms with Gasteiger partial charge in [0.15, 0.2) is 5.78 Å². The lowest BCUT2D eigenvalue weighted by Gasteiger charge is -2.14. The van der Waals surface area contributed by atoms with Gasteiger partial charge in [-0.1, -0.05) is 71.6 Å². The fourth-order valence-corrected chi connectivity index (χ4v) is 3.09. The molecule has 29 heavy (non-hydrogen) atoms. The van der Waals surface area contributed by atoms with E-state index in [-0.39, 0.29) is 31.8 Å². The fraction of sp³-hybridized carbons (Fsp3) is 0.870. The largest absolute Gasteiger partial charge is 0.466 e. The molecule has 0 spiro atoms. The highest BCUT2D eigenvalue weighted by Crippen LogP contribution is 2.15. The maximum absolute atomic E-state index is 12.1. The summed E-state index contributed by atoms with van der Waals surface area (Å²) in [4.78, 5) is 36.0. The zero-order valence-corrected chi connectivity index (χ0v) is 18.8. The van der Waals surface area contributed by atoms with Crippen molar-refractivity contribution in [1.29, 1.82) is 0 Å². The molecule has 0 aliphatic heterocycles. The third-order valence-corrected chi connectivity index (χ3v) is 4.74. The molecule has 0 amide bonds. The minimum atomic E-state index is -0.801. The quantitative estimate of drug-likeness (QED) is 0.206. The summed E-state index contributed by atoms with van der Waals surface area (Å²) in [7, 11) is 1.42. The minimum absolute atomic E-state index is 0.0657. The molecular weight excluding hydrogens is 372 g/mol. The molecular formula is C23H42O6. The van der Waals surface area contributed by atoms with E-state index in [2.05, 4.69) is 6.92 Å². The van der Waals surface area contributed by atoms with Gasteiger partial charge in [0.25, 0.3) is 0 Å². The molecule has 6 nitrogen and oxygen atoms in total. The Bertz CT molecular complexity index is 435. The number of hydrogen-bond donors (Lipinski definition) is 0. The van der Waals surface area contributed by atoms with E-state index in [9.17, 15) is 14.4 Å². The Morgan fingerprint density at radius 3 is 1.83 bits per heavy atom. The predicted octanol–water partition coefficient (Wildman–Crippen LogP) is 5.02. The highest BCUT2D eigenvalue weighted by atomic mass is 16.5. The van der Waals surface area contributed by atoms with Gasteiger partial charge in [-0.2, -0.15) is 0 Å². The fourth-order valence-electron chi connectivity index (χ4n) is 3.09. The average Bonchev–Trinajstić information content (AvgIpc) is 2.69. The zero-order chi connectivity index (χ0) is 21.7. The van der Waals surface area contributed by atoms with Crippen molar-refractivity contribution in [3.8, 4) is 0 Å². The lowest BCUT2D eigenvalue weighted by molar-refractivity contribution is -0.156. The Labute approximate surface area is 177 Å². The maximum Gasteiger partial charge on any atom is 0.309 e. The molecule has 1 atom stereocenters. The van der Waals surface area contributed by atoms with Crippen LogP contribution in [0.5, 0.6) is 0 Å². The number of Topliss-reactive ketones (excluding diaryl/α,β-unsaturated/α-hetero) is 1. The lowest BCUT2D eigenvalue weighted by Crippen LogP contribution is -2.26. The molecule has 0 aromatic carbocycles. The second kappa shape index (κ2) is 19.9.